The summed E-state index contributed by atoms with van der Waals surface area (Å²) in [6.45, 7) is 3.35. The Morgan fingerprint density at radius 2 is 1.92 bits per heavy atom. The van der Waals surface area contributed by atoms with Crippen LogP contribution in [0.5, 0.6) is 0 Å². The van der Waals surface area contributed by atoms with Gasteiger partial charge in [-0.3, -0.25) is 9.69 Å². The average Bonchev–Trinajstić information content (AvgIpc) is 3.72. The number of carboxylic acids is 1. The third-order valence-electron chi connectivity index (χ3n) is 8.47. The molecule has 1 N–H and O–H groups in total. The molecule has 1 aromatic heterocycles. The molecule has 1 aliphatic carbocycles. The number of aromatic nitrogens is 2. The average molecular weight is 518 g/mol. The van der Waals surface area contributed by atoms with Gasteiger partial charge in [0, 0.05) is 24.6 Å². The van der Waals surface area contributed by atoms with E-state index in [9.17, 15) is 14.7 Å². The van der Waals surface area contributed by atoms with Crippen LogP contribution in [0.3, 0.4) is 0 Å². The van der Waals surface area contributed by atoms with Crippen molar-refractivity contribution in [2.45, 2.75) is 75.8 Å². The number of hydrogen-bond acceptors (Lipinski definition) is 5. The van der Waals surface area contributed by atoms with E-state index in [2.05, 4.69) is 16.7 Å². The maximum Gasteiger partial charge on any atom is 0.414 e. The summed E-state index contributed by atoms with van der Waals surface area (Å²) in [5.41, 5.74) is 5.75. The first-order valence-electron chi connectivity index (χ1n) is 13.8. The fraction of sp³-hybridized carbons (Fsp3) is 0.500. The number of carboxylic acid groups (broad SMARTS) is 1. The second kappa shape index (κ2) is 10.1. The lowest BCUT2D eigenvalue weighted by atomic mass is 9.93. The molecule has 6 rings (SSSR count). The number of ether oxygens (including phenoxy) is 2. The number of amides is 1. The van der Waals surface area contributed by atoms with E-state index in [1.807, 2.05) is 31.2 Å². The summed E-state index contributed by atoms with van der Waals surface area (Å²) < 4.78 is 13.1. The van der Waals surface area contributed by atoms with Crippen LogP contribution >= 0.6 is 0 Å². The summed E-state index contributed by atoms with van der Waals surface area (Å²) in [5, 5.41) is 10.3. The number of imidazole rings is 1. The number of carbonyl (C=O) groups is 2. The van der Waals surface area contributed by atoms with Crippen molar-refractivity contribution < 1.29 is 24.2 Å². The molecule has 3 heterocycles. The van der Waals surface area contributed by atoms with E-state index in [0.717, 1.165) is 66.0 Å². The number of methoxy groups -OCH3 is 1. The normalized spacial score (nSPS) is 22.2. The molecule has 0 spiro atoms. The third-order valence-corrected chi connectivity index (χ3v) is 8.47. The third kappa shape index (κ3) is 4.45. The number of aryl methyl sites for hydroxylation is 1. The molecule has 200 valence electrons. The highest BCUT2D eigenvalue weighted by Gasteiger charge is 2.34. The van der Waals surface area contributed by atoms with Crippen molar-refractivity contribution in [1.29, 1.82) is 0 Å². The molecule has 2 aliphatic heterocycles. The zero-order chi connectivity index (χ0) is 26.4. The molecule has 8 heteroatoms. The standard InChI is InChI=1S/C30H35N3O5/c1-18-5-12-23-25(32(18)30(36)37-2)13-14-26-28(23)31-27(33(26)22-4-3-15-38-17-22)16-24(29(34)35)21-10-8-20(9-11-21)19-6-7-19/h8-11,13-14,18-19,22,24H,3-7,12,15-17H2,1-2H3,(H,34,35). The second-order valence-electron chi connectivity index (χ2n) is 11.0. The maximum atomic E-state index is 12.6. The lowest BCUT2D eigenvalue weighted by Crippen LogP contribution is -2.42. The number of hydrogen-bond donors (Lipinski definition) is 1. The molecular weight excluding hydrogens is 482 g/mol. The summed E-state index contributed by atoms with van der Waals surface area (Å²) in [5.74, 6) is -0.173. The predicted octanol–water partition coefficient (Wildman–Crippen LogP) is 5.58. The van der Waals surface area contributed by atoms with Crippen LogP contribution in [0.1, 0.15) is 79.4 Å². The van der Waals surface area contributed by atoms with Crippen LogP contribution in [-0.2, 0) is 27.1 Å². The van der Waals surface area contributed by atoms with E-state index in [-0.39, 0.29) is 24.6 Å². The van der Waals surface area contributed by atoms with Crippen LogP contribution in [0.15, 0.2) is 36.4 Å². The number of rotatable bonds is 6. The lowest BCUT2D eigenvalue weighted by molar-refractivity contribution is -0.138. The molecule has 2 fully saturated rings. The Morgan fingerprint density at radius 1 is 1.13 bits per heavy atom. The number of nitrogens with zero attached hydrogens (tertiary/aromatic N) is 3. The number of aliphatic carboxylic acids is 1. The minimum atomic E-state index is -0.851. The van der Waals surface area contributed by atoms with Crippen molar-refractivity contribution in [2.24, 2.45) is 0 Å². The Hall–Kier alpha value is -3.39. The fourth-order valence-corrected chi connectivity index (χ4v) is 6.25. The summed E-state index contributed by atoms with van der Waals surface area (Å²) in [6.07, 6.45) is 5.85. The molecule has 3 aliphatic rings. The lowest BCUT2D eigenvalue weighted by Gasteiger charge is -2.34. The number of carbonyl (C=O) groups excluding carboxylic acids is 1. The first-order chi connectivity index (χ1) is 18.5. The predicted molar refractivity (Wildman–Crippen MR) is 144 cm³/mol. The Bertz CT molecular complexity index is 1350. The van der Waals surface area contributed by atoms with Crippen molar-refractivity contribution in [3.05, 3.63) is 58.9 Å². The molecule has 0 bridgehead atoms. The van der Waals surface area contributed by atoms with Gasteiger partial charge in [0.2, 0.25) is 0 Å². The van der Waals surface area contributed by atoms with Gasteiger partial charge in [0.1, 0.15) is 5.82 Å². The van der Waals surface area contributed by atoms with Crippen molar-refractivity contribution in [3.8, 4) is 0 Å². The Labute approximate surface area is 222 Å². The molecule has 3 unspecified atom stereocenters. The van der Waals surface area contributed by atoms with Gasteiger partial charge in [0.25, 0.3) is 0 Å². The SMILES string of the molecule is COC(=O)N1c2ccc3c(nc(CC(C(=O)O)c4ccc(C5CC5)cc4)n3C3CCCOC3)c2CCC1C. The van der Waals surface area contributed by atoms with Gasteiger partial charge in [-0.05, 0) is 74.6 Å². The Kier molecular flexibility index (Phi) is 6.60. The van der Waals surface area contributed by atoms with E-state index in [0.29, 0.717) is 12.5 Å². The van der Waals surface area contributed by atoms with Crippen molar-refractivity contribution in [2.75, 3.05) is 25.2 Å². The van der Waals surface area contributed by atoms with Gasteiger partial charge in [-0.15, -0.1) is 0 Å². The summed E-state index contributed by atoms with van der Waals surface area (Å²) in [4.78, 5) is 32.0. The van der Waals surface area contributed by atoms with E-state index in [4.69, 9.17) is 14.5 Å². The molecule has 0 radical (unpaired) electrons. The molecule has 8 nitrogen and oxygen atoms in total. The highest BCUT2D eigenvalue weighted by Crippen LogP contribution is 2.41. The smallest absolute Gasteiger partial charge is 0.414 e. The van der Waals surface area contributed by atoms with Crippen LogP contribution in [0.25, 0.3) is 11.0 Å². The van der Waals surface area contributed by atoms with Gasteiger partial charge in [-0.25, -0.2) is 9.78 Å². The summed E-state index contributed by atoms with van der Waals surface area (Å²) in [6, 6.07) is 12.2. The van der Waals surface area contributed by atoms with Crippen molar-refractivity contribution in [1.82, 2.24) is 9.55 Å². The number of fused-ring (bicyclic) bond motifs is 3. The van der Waals surface area contributed by atoms with Crippen molar-refractivity contribution >= 4 is 28.8 Å². The second-order valence-corrected chi connectivity index (χ2v) is 11.0. The molecule has 3 aromatic rings. The van der Waals surface area contributed by atoms with Gasteiger partial charge in [-0.2, -0.15) is 0 Å². The zero-order valence-corrected chi connectivity index (χ0v) is 22.1. The number of anilines is 1. The van der Waals surface area contributed by atoms with Crippen LogP contribution in [0.2, 0.25) is 0 Å². The van der Waals surface area contributed by atoms with Gasteiger partial charge in [0.15, 0.2) is 0 Å². The van der Waals surface area contributed by atoms with Crippen molar-refractivity contribution in [3.63, 3.8) is 0 Å². The molecule has 1 saturated carbocycles. The fourth-order valence-electron chi connectivity index (χ4n) is 6.25. The largest absolute Gasteiger partial charge is 0.481 e. The van der Waals surface area contributed by atoms with Gasteiger partial charge >= 0.3 is 12.1 Å². The van der Waals surface area contributed by atoms with E-state index < -0.39 is 11.9 Å². The first kappa shape index (κ1) is 24.9. The quantitative estimate of drug-likeness (QED) is 0.459. The van der Waals surface area contributed by atoms with Gasteiger partial charge < -0.3 is 19.1 Å². The Balaban J connectivity index is 1.44. The molecule has 38 heavy (non-hydrogen) atoms. The minimum absolute atomic E-state index is 0.0238. The van der Waals surface area contributed by atoms with Crippen LogP contribution in [0, 0.1) is 0 Å². The highest BCUT2D eigenvalue weighted by atomic mass is 16.5. The van der Waals surface area contributed by atoms with E-state index in [1.165, 1.54) is 25.5 Å². The maximum absolute atomic E-state index is 12.6. The molecule has 2 aromatic carbocycles. The van der Waals surface area contributed by atoms with Crippen LogP contribution in [-0.4, -0.2) is 53.1 Å². The van der Waals surface area contributed by atoms with Crippen LogP contribution < -0.4 is 4.90 Å². The molecule has 1 saturated heterocycles. The summed E-state index contributed by atoms with van der Waals surface area (Å²) in [7, 11) is 1.40. The Morgan fingerprint density at radius 3 is 2.58 bits per heavy atom. The topological polar surface area (TPSA) is 93.9 Å². The molecular formula is C30H35N3O5. The summed E-state index contributed by atoms with van der Waals surface area (Å²) >= 11 is 0. The monoisotopic (exact) mass is 517 g/mol. The first-order valence-corrected chi connectivity index (χ1v) is 13.8. The van der Waals surface area contributed by atoms with Gasteiger partial charge in [-0.1, -0.05) is 24.3 Å². The van der Waals surface area contributed by atoms with Gasteiger partial charge in [0.05, 0.1) is 42.4 Å². The zero-order valence-electron chi connectivity index (χ0n) is 22.1. The van der Waals surface area contributed by atoms with E-state index in [1.54, 1.807) is 4.90 Å². The minimum Gasteiger partial charge on any atom is -0.481 e. The molecule has 1 amide bonds. The highest BCUT2D eigenvalue weighted by molar-refractivity contribution is 5.95. The van der Waals surface area contributed by atoms with Crippen LogP contribution in [0.4, 0.5) is 10.5 Å². The number of benzene rings is 2. The molecule has 3 atom stereocenters. The van der Waals surface area contributed by atoms with E-state index >= 15 is 0 Å².